The number of rotatable bonds is 8. The fourth-order valence-electron chi connectivity index (χ4n) is 4.21. The molecule has 0 aliphatic carbocycles. The zero-order valence-corrected chi connectivity index (χ0v) is 22.6. The topological polar surface area (TPSA) is 85.8 Å². The van der Waals surface area contributed by atoms with E-state index in [0.717, 1.165) is 48.9 Å². The molecule has 36 heavy (non-hydrogen) atoms. The van der Waals surface area contributed by atoms with E-state index in [9.17, 15) is 9.50 Å². The number of nitrogens with zero attached hydrogens (tertiary/aromatic N) is 4. The minimum Gasteiger partial charge on any atom is -0.495 e. The molecule has 8 nitrogen and oxygen atoms in total. The summed E-state index contributed by atoms with van der Waals surface area (Å²) in [5.41, 5.74) is 3.88. The van der Waals surface area contributed by atoms with Gasteiger partial charge in [0.2, 0.25) is 5.95 Å². The van der Waals surface area contributed by atoms with Crippen LogP contribution >= 0.6 is 15.9 Å². The summed E-state index contributed by atoms with van der Waals surface area (Å²) in [5, 5.41) is 16.3. The van der Waals surface area contributed by atoms with Crippen LogP contribution in [0.5, 0.6) is 5.75 Å². The van der Waals surface area contributed by atoms with Crippen LogP contribution in [0.4, 0.5) is 33.2 Å². The van der Waals surface area contributed by atoms with Crippen molar-refractivity contribution in [1.82, 2.24) is 14.9 Å². The molecule has 10 heteroatoms. The molecule has 0 spiro atoms. The zero-order chi connectivity index (χ0) is 25.8. The van der Waals surface area contributed by atoms with E-state index in [2.05, 4.69) is 59.4 Å². The summed E-state index contributed by atoms with van der Waals surface area (Å²) in [4.78, 5) is 13.7. The number of benzene rings is 2. The highest BCUT2D eigenvalue weighted by Gasteiger charge is 2.20. The third kappa shape index (κ3) is 6.05. The molecule has 0 radical (unpaired) electrons. The Morgan fingerprint density at radius 1 is 1.17 bits per heavy atom. The smallest absolute Gasteiger partial charge is 0.229 e. The Kier molecular flexibility index (Phi) is 8.28. The molecule has 1 fully saturated rings. The number of aryl methyl sites for hydroxylation is 1. The fraction of sp³-hybridized carbons (Fsp3) is 0.385. The van der Waals surface area contributed by atoms with Crippen molar-refractivity contribution in [2.45, 2.75) is 26.4 Å². The highest BCUT2D eigenvalue weighted by molar-refractivity contribution is 9.10. The Balaban J connectivity index is 1.59. The van der Waals surface area contributed by atoms with Gasteiger partial charge >= 0.3 is 0 Å². The lowest BCUT2D eigenvalue weighted by atomic mass is 10.1. The Hall–Kier alpha value is -2.95. The van der Waals surface area contributed by atoms with Crippen molar-refractivity contribution in [2.75, 3.05) is 55.9 Å². The number of ether oxygens (including phenoxy) is 1. The lowest BCUT2D eigenvalue weighted by Gasteiger charge is -2.35. The van der Waals surface area contributed by atoms with Crippen LogP contribution in [0.15, 0.2) is 41.0 Å². The molecule has 1 aliphatic rings. The maximum absolute atomic E-state index is 14.5. The van der Waals surface area contributed by atoms with Gasteiger partial charge in [0, 0.05) is 61.8 Å². The van der Waals surface area contributed by atoms with Gasteiger partial charge in [-0.05, 0) is 60.6 Å². The number of methoxy groups -OCH3 is 1. The predicted molar refractivity (Wildman–Crippen MR) is 146 cm³/mol. The van der Waals surface area contributed by atoms with Crippen LogP contribution in [0.3, 0.4) is 0 Å². The van der Waals surface area contributed by atoms with Crippen LogP contribution in [0.25, 0.3) is 0 Å². The van der Waals surface area contributed by atoms with Gasteiger partial charge in [-0.2, -0.15) is 4.98 Å². The molecular weight excluding hydrogens is 527 g/mol. The Labute approximate surface area is 219 Å². The molecule has 0 amide bonds. The van der Waals surface area contributed by atoms with Crippen molar-refractivity contribution in [1.29, 1.82) is 0 Å². The van der Waals surface area contributed by atoms with Gasteiger partial charge in [-0.1, -0.05) is 6.07 Å². The summed E-state index contributed by atoms with van der Waals surface area (Å²) in [6.07, 6.45) is 1.14. The number of aliphatic hydroxyl groups is 1. The monoisotopic (exact) mass is 558 g/mol. The summed E-state index contributed by atoms with van der Waals surface area (Å²) < 4.78 is 20.8. The van der Waals surface area contributed by atoms with E-state index < -0.39 is 6.10 Å². The van der Waals surface area contributed by atoms with Crippen LogP contribution in [-0.2, 0) is 6.42 Å². The number of aliphatic hydroxyl groups excluding tert-OH is 1. The summed E-state index contributed by atoms with van der Waals surface area (Å²) in [6.45, 7) is 7.57. The van der Waals surface area contributed by atoms with Crippen LogP contribution in [0.1, 0.15) is 18.1 Å². The van der Waals surface area contributed by atoms with Crippen molar-refractivity contribution in [2.24, 2.45) is 0 Å². The minimum absolute atomic E-state index is 0.182. The first-order chi connectivity index (χ1) is 17.2. The molecule has 1 aromatic heterocycles. The lowest BCUT2D eigenvalue weighted by Crippen LogP contribution is -2.44. The summed E-state index contributed by atoms with van der Waals surface area (Å²) in [6, 6.07) is 8.85. The Morgan fingerprint density at radius 2 is 1.92 bits per heavy atom. The van der Waals surface area contributed by atoms with Gasteiger partial charge in [0.15, 0.2) is 0 Å². The number of hydrogen-bond donors (Lipinski definition) is 3. The van der Waals surface area contributed by atoms with E-state index in [1.807, 2.05) is 13.0 Å². The number of nitrogens with one attached hydrogen (secondary N) is 2. The quantitative estimate of drug-likeness (QED) is 0.361. The van der Waals surface area contributed by atoms with E-state index in [4.69, 9.17) is 4.74 Å². The van der Waals surface area contributed by atoms with Crippen LogP contribution < -0.4 is 20.3 Å². The number of aromatic nitrogens is 2. The molecule has 0 saturated carbocycles. The van der Waals surface area contributed by atoms with Crippen LogP contribution in [0.2, 0.25) is 0 Å². The standard InChI is InChI=1S/C26H32BrFN6O2/c1-16-12-23(34-10-8-33(3)9-11-34)24(36-4)14-22(16)31-26-29-15-19(27)25(32-26)30-21-7-5-6-20(28)18(21)13-17(2)35/h5-7,12,14-15,17,35H,8-11,13H2,1-4H3,(H2,29,30,31,32). The van der Waals surface area contributed by atoms with E-state index in [1.165, 1.54) is 6.07 Å². The van der Waals surface area contributed by atoms with Crippen LogP contribution in [0, 0.1) is 12.7 Å². The lowest BCUT2D eigenvalue weighted by molar-refractivity contribution is 0.194. The number of hydrogen-bond acceptors (Lipinski definition) is 8. The summed E-state index contributed by atoms with van der Waals surface area (Å²) in [7, 11) is 3.81. The first-order valence-corrected chi connectivity index (χ1v) is 12.7. The molecule has 192 valence electrons. The molecule has 3 aromatic rings. The molecule has 1 atom stereocenters. The van der Waals surface area contributed by atoms with Crippen LogP contribution in [-0.4, -0.2) is 66.4 Å². The van der Waals surface area contributed by atoms with Gasteiger partial charge in [-0.15, -0.1) is 0 Å². The molecular formula is C26H32BrFN6O2. The normalized spacial score (nSPS) is 15.0. The fourth-order valence-corrected chi connectivity index (χ4v) is 4.50. The molecule has 2 aromatic carbocycles. The molecule has 0 bridgehead atoms. The SMILES string of the molecule is COc1cc(Nc2ncc(Br)c(Nc3cccc(F)c3CC(C)O)n2)c(C)cc1N1CCN(C)CC1. The second-order valence-corrected chi connectivity index (χ2v) is 9.94. The maximum atomic E-state index is 14.5. The van der Waals surface area contributed by atoms with E-state index in [-0.39, 0.29) is 12.2 Å². The molecule has 4 rings (SSSR count). The van der Waals surface area contributed by atoms with Gasteiger partial charge in [0.1, 0.15) is 17.4 Å². The number of halogens is 2. The highest BCUT2D eigenvalue weighted by Crippen LogP contribution is 2.36. The largest absolute Gasteiger partial charge is 0.495 e. The maximum Gasteiger partial charge on any atom is 0.229 e. The molecule has 3 N–H and O–H groups in total. The van der Waals surface area contributed by atoms with E-state index in [1.54, 1.807) is 32.4 Å². The third-order valence-electron chi connectivity index (χ3n) is 6.23. The number of likely N-dealkylation sites (N-methyl/N-ethyl adjacent to an activating group) is 1. The van der Waals surface area contributed by atoms with E-state index in [0.29, 0.717) is 27.5 Å². The van der Waals surface area contributed by atoms with Gasteiger partial charge < -0.3 is 30.3 Å². The Morgan fingerprint density at radius 3 is 2.61 bits per heavy atom. The predicted octanol–water partition coefficient (Wildman–Crippen LogP) is 4.86. The highest BCUT2D eigenvalue weighted by atomic mass is 79.9. The van der Waals surface area contributed by atoms with Gasteiger partial charge in [0.05, 0.1) is 23.4 Å². The van der Waals surface area contributed by atoms with Crippen molar-refractivity contribution in [3.05, 3.63) is 57.9 Å². The molecule has 1 unspecified atom stereocenters. The Bertz CT molecular complexity index is 1220. The first kappa shape index (κ1) is 26.1. The van der Waals surface area contributed by atoms with Gasteiger partial charge in [-0.3, -0.25) is 0 Å². The van der Waals surface area contributed by atoms with Crippen molar-refractivity contribution in [3.8, 4) is 5.75 Å². The number of piperazine rings is 1. The average Bonchev–Trinajstić information content (AvgIpc) is 2.84. The van der Waals surface area contributed by atoms with Gasteiger partial charge in [0.25, 0.3) is 0 Å². The zero-order valence-electron chi connectivity index (χ0n) is 21.0. The van der Waals surface area contributed by atoms with E-state index >= 15 is 0 Å². The third-order valence-corrected chi connectivity index (χ3v) is 6.81. The first-order valence-electron chi connectivity index (χ1n) is 11.9. The van der Waals surface area contributed by atoms with Crippen molar-refractivity contribution in [3.63, 3.8) is 0 Å². The molecule has 1 aliphatic heterocycles. The summed E-state index contributed by atoms with van der Waals surface area (Å²) in [5.74, 6) is 1.26. The summed E-state index contributed by atoms with van der Waals surface area (Å²) >= 11 is 3.48. The van der Waals surface area contributed by atoms with Gasteiger partial charge in [-0.25, -0.2) is 9.37 Å². The molecule has 2 heterocycles. The second kappa shape index (κ2) is 11.4. The molecule has 1 saturated heterocycles. The number of anilines is 5. The van der Waals surface area contributed by atoms with Crippen molar-refractivity contribution >= 4 is 44.8 Å². The second-order valence-electron chi connectivity index (χ2n) is 9.09. The minimum atomic E-state index is -0.680. The average molecular weight is 559 g/mol. The van der Waals surface area contributed by atoms with Crippen molar-refractivity contribution < 1.29 is 14.2 Å².